The number of pyridine rings is 1. The van der Waals surface area contributed by atoms with E-state index < -0.39 is 0 Å². The molecule has 98 valence electrons. The van der Waals surface area contributed by atoms with E-state index in [0.717, 1.165) is 0 Å². The molecular formula is C14H13FN2OS. The highest BCUT2D eigenvalue weighted by Crippen LogP contribution is 2.06. The van der Waals surface area contributed by atoms with Crippen molar-refractivity contribution in [2.45, 2.75) is 6.42 Å². The Labute approximate surface area is 115 Å². The van der Waals surface area contributed by atoms with Gasteiger partial charge in [-0.25, -0.2) is 4.39 Å². The monoisotopic (exact) mass is 276 g/mol. The number of amides is 1. The van der Waals surface area contributed by atoms with E-state index in [4.69, 9.17) is 12.2 Å². The minimum Gasteiger partial charge on any atom is -0.352 e. The summed E-state index contributed by atoms with van der Waals surface area (Å²) in [7, 11) is 0. The highest BCUT2D eigenvalue weighted by atomic mass is 32.1. The van der Waals surface area contributed by atoms with Gasteiger partial charge in [-0.05, 0) is 30.2 Å². The molecule has 0 aliphatic rings. The minimum absolute atomic E-state index is 0.252. The van der Waals surface area contributed by atoms with E-state index in [1.54, 1.807) is 36.5 Å². The molecule has 0 aliphatic heterocycles. The molecule has 1 heterocycles. The van der Waals surface area contributed by atoms with Crippen LogP contribution in [0.5, 0.6) is 0 Å². The van der Waals surface area contributed by atoms with E-state index in [0.29, 0.717) is 28.7 Å². The maximum absolute atomic E-state index is 13.4. The van der Waals surface area contributed by atoms with Crippen LogP contribution in [0, 0.1) is 10.5 Å². The van der Waals surface area contributed by atoms with Gasteiger partial charge < -0.3 is 10.3 Å². The van der Waals surface area contributed by atoms with E-state index in [-0.39, 0.29) is 11.7 Å². The van der Waals surface area contributed by atoms with Gasteiger partial charge in [-0.3, -0.25) is 4.79 Å². The molecule has 0 saturated carbocycles. The molecule has 0 radical (unpaired) electrons. The third kappa shape index (κ3) is 3.48. The second kappa shape index (κ2) is 6.24. The Kier molecular flexibility index (Phi) is 4.41. The number of hydrogen-bond donors (Lipinski definition) is 2. The topological polar surface area (TPSA) is 44.9 Å². The van der Waals surface area contributed by atoms with Crippen LogP contribution >= 0.6 is 12.2 Å². The average Bonchev–Trinajstić information content (AvgIpc) is 2.41. The number of carbonyl (C=O) groups is 1. The van der Waals surface area contributed by atoms with Gasteiger partial charge in [-0.1, -0.05) is 30.4 Å². The predicted molar refractivity (Wildman–Crippen MR) is 74.1 cm³/mol. The first-order valence-corrected chi connectivity index (χ1v) is 6.28. The van der Waals surface area contributed by atoms with Gasteiger partial charge >= 0.3 is 0 Å². The Morgan fingerprint density at radius 2 is 2.05 bits per heavy atom. The van der Waals surface area contributed by atoms with Crippen molar-refractivity contribution < 1.29 is 9.18 Å². The van der Waals surface area contributed by atoms with Crippen LogP contribution < -0.4 is 5.32 Å². The highest BCUT2D eigenvalue weighted by Gasteiger charge is 2.07. The maximum atomic E-state index is 13.4. The molecule has 0 bridgehead atoms. The maximum Gasteiger partial charge on any atom is 0.254 e. The Morgan fingerprint density at radius 1 is 1.26 bits per heavy atom. The van der Waals surface area contributed by atoms with Gasteiger partial charge in [-0.15, -0.1) is 0 Å². The van der Waals surface area contributed by atoms with Crippen molar-refractivity contribution in [2.75, 3.05) is 6.54 Å². The first-order valence-electron chi connectivity index (χ1n) is 5.88. The zero-order chi connectivity index (χ0) is 13.7. The summed E-state index contributed by atoms with van der Waals surface area (Å²) >= 11 is 5.02. The van der Waals surface area contributed by atoms with Crippen LogP contribution in [0.15, 0.2) is 42.6 Å². The van der Waals surface area contributed by atoms with Crippen molar-refractivity contribution in [1.29, 1.82) is 0 Å². The van der Waals surface area contributed by atoms with Crippen LogP contribution in [-0.4, -0.2) is 17.4 Å². The molecule has 2 N–H and O–H groups in total. The summed E-state index contributed by atoms with van der Waals surface area (Å²) in [5, 5.41) is 2.72. The molecule has 0 fully saturated rings. The summed E-state index contributed by atoms with van der Waals surface area (Å²) in [6.45, 7) is 0.365. The van der Waals surface area contributed by atoms with Gasteiger partial charge in [0.1, 0.15) is 10.5 Å². The molecule has 5 heteroatoms. The summed E-state index contributed by atoms with van der Waals surface area (Å²) in [5.41, 5.74) is 1.01. The van der Waals surface area contributed by atoms with Gasteiger partial charge in [-0.2, -0.15) is 0 Å². The Morgan fingerprint density at radius 3 is 2.79 bits per heavy atom. The molecule has 1 aromatic carbocycles. The first kappa shape index (κ1) is 13.4. The van der Waals surface area contributed by atoms with Gasteiger partial charge in [0.25, 0.3) is 5.91 Å². The van der Waals surface area contributed by atoms with Gasteiger partial charge in [0, 0.05) is 12.7 Å². The summed E-state index contributed by atoms with van der Waals surface area (Å²) in [4.78, 5) is 14.6. The number of aromatic nitrogens is 1. The SMILES string of the molecule is O=C(NCCc1ccccc1F)c1ccc[nH]c1=S. The van der Waals surface area contributed by atoms with Crippen LogP contribution in [0.25, 0.3) is 0 Å². The molecule has 0 unspecified atom stereocenters. The fourth-order valence-corrected chi connectivity index (χ4v) is 1.94. The quantitative estimate of drug-likeness (QED) is 0.843. The van der Waals surface area contributed by atoms with E-state index in [2.05, 4.69) is 10.3 Å². The fraction of sp³-hybridized carbons (Fsp3) is 0.143. The van der Waals surface area contributed by atoms with Crippen molar-refractivity contribution in [3.05, 3.63) is 64.2 Å². The van der Waals surface area contributed by atoms with Crippen molar-refractivity contribution in [3.63, 3.8) is 0 Å². The summed E-state index contributed by atoms with van der Waals surface area (Å²) in [5.74, 6) is -0.507. The van der Waals surface area contributed by atoms with Crippen LogP contribution in [-0.2, 0) is 6.42 Å². The smallest absolute Gasteiger partial charge is 0.254 e. The lowest BCUT2D eigenvalue weighted by molar-refractivity contribution is 0.0953. The third-order valence-corrected chi connectivity index (χ3v) is 3.04. The van der Waals surface area contributed by atoms with E-state index in [9.17, 15) is 9.18 Å². The van der Waals surface area contributed by atoms with Gasteiger partial charge in [0.05, 0.1) is 5.56 Å². The standard InChI is InChI=1S/C14H13FN2OS/c15-12-6-2-1-4-10(12)7-9-16-13(18)11-5-3-8-17-14(11)19/h1-6,8H,7,9H2,(H,16,18)(H,17,19). The zero-order valence-corrected chi connectivity index (χ0v) is 11.0. The Balaban J connectivity index is 1.94. The molecule has 0 atom stereocenters. The summed E-state index contributed by atoms with van der Waals surface area (Å²) < 4.78 is 13.8. The van der Waals surface area contributed by atoms with Crippen LogP contribution in [0.1, 0.15) is 15.9 Å². The molecule has 2 rings (SSSR count). The number of hydrogen-bond acceptors (Lipinski definition) is 2. The molecule has 3 nitrogen and oxygen atoms in total. The second-order valence-electron chi connectivity index (χ2n) is 4.01. The molecule has 19 heavy (non-hydrogen) atoms. The molecule has 1 amide bonds. The lowest BCUT2D eigenvalue weighted by Gasteiger charge is -2.06. The lowest BCUT2D eigenvalue weighted by atomic mass is 10.1. The van der Waals surface area contributed by atoms with Gasteiger partial charge in [0.2, 0.25) is 0 Å². The molecule has 0 saturated heterocycles. The normalized spacial score (nSPS) is 10.2. The third-order valence-electron chi connectivity index (χ3n) is 2.70. The van der Waals surface area contributed by atoms with E-state index in [1.807, 2.05) is 0 Å². The van der Waals surface area contributed by atoms with Crippen molar-refractivity contribution >= 4 is 18.1 Å². The number of halogens is 1. The van der Waals surface area contributed by atoms with Gasteiger partial charge in [0.15, 0.2) is 0 Å². The van der Waals surface area contributed by atoms with Crippen molar-refractivity contribution in [3.8, 4) is 0 Å². The van der Waals surface area contributed by atoms with E-state index in [1.165, 1.54) is 6.07 Å². The minimum atomic E-state index is -0.256. The zero-order valence-electron chi connectivity index (χ0n) is 10.2. The number of aromatic amines is 1. The average molecular weight is 276 g/mol. The molecular weight excluding hydrogens is 263 g/mol. The van der Waals surface area contributed by atoms with Crippen molar-refractivity contribution in [2.24, 2.45) is 0 Å². The van der Waals surface area contributed by atoms with Crippen LogP contribution in [0.2, 0.25) is 0 Å². The Hall–Kier alpha value is -2.01. The Bertz CT molecular complexity index is 639. The van der Waals surface area contributed by atoms with Crippen LogP contribution in [0.3, 0.4) is 0 Å². The number of nitrogens with one attached hydrogen (secondary N) is 2. The first-order chi connectivity index (χ1) is 9.18. The summed E-state index contributed by atoms with van der Waals surface area (Å²) in [6, 6.07) is 9.88. The predicted octanol–water partition coefficient (Wildman–Crippen LogP) is 2.86. The van der Waals surface area contributed by atoms with Crippen molar-refractivity contribution in [1.82, 2.24) is 10.3 Å². The number of rotatable bonds is 4. The van der Waals surface area contributed by atoms with E-state index >= 15 is 0 Å². The second-order valence-corrected chi connectivity index (χ2v) is 4.42. The number of carbonyl (C=O) groups excluding carboxylic acids is 1. The van der Waals surface area contributed by atoms with Crippen LogP contribution in [0.4, 0.5) is 4.39 Å². The molecule has 0 aliphatic carbocycles. The molecule has 2 aromatic rings. The lowest BCUT2D eigenvalue weighted by Crippen LogP contribution is -2.26. The number of H-pyrrole nitrogens is 1. The fourth-order valence-electron chi connectivity index (χ4n) is 1.71. The summed E-state index contributed by atoms with van der Waals surface area (Å²) in [6.07, 6.45) is 2.11. The highest BCUT2D eigenvalue weighted by molar-refractivity contribution is 7.71. The largest absolute Gasteiger partial charge is 0.352 e. The molecule has 0 spiro atoms. The number of benzene rings is 1. The molecule has 1 aromatic heterocycles.